The number of hydrogen-bond acceptors (Lipinski definition) is 2. The molecule has 1 saturated carbocycles. The average Bonchev–Trinajstić information content (AvgIpc) is 2.60. The van der Waals surface area contributed by atoms with Crippen LogP contribution in [-0.2, 0) is 9.59 Å². The molecule has 0 radical (unpaired) electrons. The van der Waals surface area contributed by atoms with Gasteiger partial charge in [-0.25, -0.2) is 0 Å². The highest BCUT2D eigenvalue weighted by Gasteiger charge is 2.42. The Labute approximate surface area is 103 Å². The summed E-state index contributed by atoms with van der Waals surface area (Å²) in [6.45, 7) is 7.93. The van der Waals surface area contributed by atoms with Crippen LogP contribution in [0.4, 0.5) is 0 Å². The van der Waals surface area contributed by atoms with Gasteiger partial charge >= 0.3 is 5.97 Å². The van der Waals surface area contributed by atoms with Crippen molar-refractivity contribution in [2.45, 2.75) is 52.5 Å². The SMILES string of the molecule is CCC(C)(C)NC(=O)[C@H]1CC(C)C[C@H]1C(=O)O. The van der Waals surface area contributed by atoms with Crippen LogP contribution >= 0.6 is 0 Å². The van der Waals surface area contributed by atoms with E-state index in [1.54, 1.807) is 0 Å². The highest BCUT2D eigenvalue weighted by Crippen LogP contribution is 2.36. The van der Waals surface area contributed by atoms with Crippen LogP contribution in [0.3, 0.4) is 0 Å². The molecule has 17 heavy (non-hydrogen) atoms. The lowest BCUT2D eigenvalue weighted by Crippen LogP contribution is -2.47. The Morgan fingerprint density at radius 3 is 2.29 bits per heavy atom. The number of carbonyl (C=O) groups is 2. The van der Waals surface area contributed by atoms with E-state index in [1.807, 2.05) is 27.7 Å². The lowest BCUT2D eigenvalue weighted by molar-refractivity contribution is -0.146. The van der Waals surface area contributed by atoms with Gasteiger partial charge in [0.25, 0.3) is 0 Å². The fraction of sp³-hybridized carbons (Fsp3) is 0.846. The van der Waals surface area contributed by atoms with Crippen molar-refractivity contribution in [1.29, 1.82) is 0 Å². The summed E-state index contributed by atoms with van der Waals surface area (Å²) >= 11 is 0. The molecule has 2 N–H and O–H groups in total. The van der Waals surface area contributed by atoms with E-state index in [1.165, 1.54) is 0 Å². The summed E-state index contributed by atoms with van der Waals surface area (Å²) in [5.74, 6) is -1.51. The fourth-order valence-electron chi connectivity index (χ4n) is 2.37. The van der Waals surface area contributed by atoms with Crippen LogP contribution in [0.25, 0.3) is 0 Å². The third-order valence-corrected chi connectivity index (χ3v) is 3.80. The van der Waals surface area contributed by atoms with Crippen LogP contribution in [0.2, 0.25) is 0 Å². The molecule has 1 amide bonds. The predicted octanol–water partition coefficient (Wildman–Crippen LogP) is 2.04. The fourth-order valence-corrected chi connectivity index (χ4v) is 2.37. The molecule has 1 fully saturated rings. The highest BCUT2D eigenvalue weighted by atomic mass is 16.4. The Hall–Kier alpha value is -1.06. The van der Waals surface area contributed by atoms with Crippen molar-refractivity contribution < 1.29 is 14.7 Å². The van der Waals surface area contributed by atoms with E-state index in [4.69, 9.17) is 5.11 Å². The molecule has 0 aromatic rings. The molecule has 0 spiro atoms. The summed E-state index contributed by atoms with van der Waals surface area (Å²) < 4.78 is 0. The monoisotopic (exact) mass is 241 g/mol. The zero-order valence-electron chi connectivity index (χ0n) is 11.1. The molecule has 4 nitrogen and oxygen atoms in total. The first kappa shape index (κ1) is 14.0. The van der Waals surface area contributed by atoms with Crippen LogP contribution in [0.5, 0.6) is 0 Å². The molecule has 0 aliphatic heterocycles. The molecule has 0 aromatic heterocycles. The number of carboxylic acids is 1. The quantitative estimate of drug-likeness (QED) is 0.791. The van der Waals surface area contributed by atoms with E-state index in [-0.39, 0.29) is 17.4 Å². The first-order valence-corrected chi connectivity index (χ1v) is 6.31. The standard InChI is InChI=1S/C13H23NO3/c1-5-13(3,4)14-11(15)9-6-8(2)7-10(9)12(16)17/h8-10H,5-7H2,1-4H3,(H,14,15)(H,16,17)/t8?,9-,10+/m0/s1. The molecule has 1 rings (SSSR count). The molecule has 0 bridgehead atoms. The number of nitrogens with one attached hydrogen (secondary N) is 1. The van der Waals surface area contributed by atoms with Gasteiger partial charge in [0.05, 0.1) is 11.8 Å². The van der Waals surface area contributed by atoms with E-state index < -0.39 is 11.9 Å². The summed E-state index contributed by atoms with van der Waals surface area (Å²) in [7, 11) is 0. The van der Waals surface area contributed by atoms with E-state index >= 15 is 0 Å². The first-order valence-electron chi connectivity index (χ1n) is 6.31. The second kappa shape index (κ2) is 5.07. The maximum absolute atomic E-state index is 12.1. The zero-order chi connectivity index (χ0) is 13.2. The molecule has 4 heteroatoms. The van der Waals surface area contributed by atoms with Crippen LogP contribution in [0.1, 0.15) is 47.0 Å². The predicted molar refractivity (Wildman–Crippen MR) is 65.5 cm³/mol. The van der Waals surface area contributed by atoms with Gasteiger partial charge in [0.15, 0.2) is 0 Å². The van der Waals surface area contributed by atoms with Gasteiger partial charge in [-0.05, 0) is 39.0 Å². The van der Waals surface area contributed by atoms with Gasteiger partial charge in [-0.2, -0.15) is 0 Å². The second-order valence-corrected chi connectivity index (χ2v) is 5.85. The summed E-state index contributed by atoms with van der Waals surface area (Å²) in [6.07, 6.45) is 2.13. The van der Waals surface area contributed by atoms with Crippen molar-refractivity contribution in [3.63, 3.8) is 0 Å². The molecular weight excluding hydrogens is 218 g/mol. The lowest BCUT2D eigenvalue weighted by atomic mass is 9.93. The van der Waals surface area contributed by atoms with E-state index in [0.29, 0.717) is 18.8 Å². The molecule has 1 aliphatic carbocycles. The maximum atomic E-state index is 12.1. The summed E-state index contributed by atoms with van der Waals surface area (Å²) in [5, 5.41) is 12.1. The summed E-state index contributed by atoms with van der Waals surface area (Å²) in [6, 6.07) is 0. The zero-order valence-corrected chi connectivity index (χ0v) is 11.1. The van der Waals surface area contributed by atoms with Crippen molar-refractivity contribution in [2.75, 3.05) is 0 Å². The molecule has 98 valence electrons. The largest absolute Gasteiger partial charge is 0.481 e. The van der Waals surface area contributed by atoms with Gasteiger partial charge in [0, 0.05) is 5.54 Å². The Morgan fingerprint density at radius 2 is 1.82 bits per heavy atom. The van der Waals surface area contributed by atoms with Crippen molar-refractivity contribution in [2.24, 2.45) is 17.8 Å². The normalized spacial score (nSPS) is 29.1. The third-order valence-electron chi connectivity index (χ3n) is 3.80. The summed E-state index contributed by atoms with van der Waals surface area (Å²) in [4.78, 5) is 23.2. The van der Waals surface area contributed by atoms with Gasteiger partial charge in [-0.15, -0.1) is 0 Å². The van der Waals surface area contributed by atoms with Gasteiger partial charge < -0.3 is 10.4 Å². The molecule has 0 saturated heterocycles. The molecular formula is C13H23NO3. The third kappa shape index (κ3) is 3.45. The number of carboxylic acid groups (broad SMARTS) is 1. The van der Waals surface area contributed by atoms with Crippen LogP contribution < -0.4 is 5.32 Å². The molecule has 3 atom stereocenters. The van der Waals surface area contributed by atoms with Gasteiger partial charge in [0.1, 0.15) is 0 Å². The number of rotatable bonds is 4. The number of aliphatic carboxylic acids is 1. The van der Waals surface area contributed by atoms with Gasteiger partial charge in [-0.3, -0.25) is 9.59 Å². The minimum atomic E-state index is -0.844. The second-order valence-electron chi connectivity index (χ2n) is 5.85. The van der Waals surface area contributed by atoms with Crippen molar-refractivity contribution in [3.8, 4) is 0 Å². The Bertz CT molecular complexity index is 312. The number of hydrogen-bond donors (Lipinski definition) is 2. The highest BCUT2D eigenvalue weighted by molar-refractivity contribution is 5.85. The number of amides is 1. The van der Waals surface area contributed by atoms with Crippen LogP contribution in [-0.4, -0.2) is 22.5 Å². The maximum Gasteiger partial charge on any atom is 0.307 e. The topological polar surface area (TPSA) is 66.4 Å². The minimum Gasteiger partial charge on any atom is -0.481 e. The van der Waals surface area contributed by atoms with Gasteiger partial charge in [-0.1, -0.05) is 13.8 Å². The van der Waals surface area contributed by atoms with E-state index in [9.17, 15) is 9.59 Å². The minimum absolute atomic E-state index is 0.103. The van der Waals surface area contributed by atoms with Crippen LogP contribution in [0, 0.1) is 17.8 Å². The number of carbonyl (C=O) groups excluding carboxylic acids is 1. The van der Waals surface area contributed by atoms with Gasteiger partial charge in [0.2, 0.25) is 5.91 Å². The Kier molecular flexibility index (Phi) is 4.17. The van der Waals surface area contributed by atoms with E-state index in [2.05, 4.69) is 5.32 Å². The first-order chi connectivity index (χ1) is 7.76. The van der Waals surface area contributed by atoms with Crippen LogP contribution in [0.15, 0.2) is 0 Å². The summed E-state index contributed by atoms with van der Waals surface area (Å²) in [5.41, 5.74) is -0.258. The molecule has 1 aliphatic rings. The molecule has 0 heterocycles. The smallest absolute Gasteiger partial charge is 0.307 e. The Morgan fingerprint density at radius 1 is 1.29 bits per heavy atom. The van der Waals surface area contributed by atoms with Crippen molar-refractivity contribution in [3.05, 3.63) is 0 Å². The van der Waals surface area contributed by atoms with Crippen molar-refractivity contribution in [1.82, 2.24) is 5.32 Å². The van der Waals surface area contributed by atoms with Crippen molar-refractivity contribution >= 4 is 11.9 Å². The lowest BCUT2D eigenvalue weighted by Gasteiger charge is -2.27. The molecule has 0 aromatic carbocycles. The van der Waals surface area contributed by atoms with E-state index in [0.717, 1.165) is 6.42 Å². The molecule has 1 unspecified atom stereocenters. The Balaban J connectivity index is 2.71. The average molecular weight is 241 g/mol.